The molecule has 110 valence electrons. The number of ether oxygens (including phenoxy) is 1. The summed E-state index contributed by atoms with van der Waals surface area (Å²) in [5.41, 5.74) is -0.666. The fraction of sp³-hybridized carbons (Fsp3) is 0.364. The molecule has 0 amide bonds. The average Bonchev–Trinajstić information content (AvgIpc) is 2.36. The summed E-state index contributed by atoms with van der Waals surface area (Å²) in [6, 6.07) is 2.01. The number of carbonyl (C=O) groups is 1. The zero-order valence-electron chi connectivity index (χ0n) is 11.4. The molecule has 0 spiro atoms. The highest BCUT2D eigenvalue weighted by atomic mass is 32.2. The maximum absolute atomic E-state index is 12.1. The standard InChI is InChI=1S/C11H14N2O6S/c1-7-5-8(11(14)19-4)9(13(15)16)6-10(7)20(17,18)12(2)3/h5-6H,1-4H3. The molecule has 1 rings (SSSR count). The van der Waals surface area contributed by atoms with Crippen LogP contribution in [-0.2, 0) is 14.8 Å². The molecule has 0 aliphatic carbocycles. The zero-order chi connectivity index (χ0) is 15.7. The quantitative estimate of drug-likeness (QED) is 0.465. The predicted octanol–water partition coefficient (Wildman–Crippen LogP) is 0.940. The third kappa shape index (κ3) is 2.78. The number of esters is 1. The molecule has 0 saturated heterocycles. The van der Waals surface area contributed by atoms with Crippen molar-refractivity contribution >= 4 is 21.7 Å². The Bertz CT molecular complexity index is 666. The molecule has 0 fully saturated rings. The van der Waals surface area contributed by atoms with Crippen LogP contribution in [0.3, 0.4) is 0 Å². The number of carbonyl (C=O) groups excluding carboxylic acids is 1. The normalized spacial score (nSPS) is 11.4. The molecule has 0 aliphatic rings. The minimum absolute atomic E-state index is 0.221. The van der Waals surface area contributed by atoms with E-state index in [0.29, 0.717) is 0 Å². The largest absolute Gasteiger partial charge is 0.465 e. The molecular formula is C11H14N2O6S. The van der Waals surface area contributed by atoms with Crippen molar-refractivity contribution in [3.63, 3.8) is 0 Å². The lowest BCUT2D eigenvalue weighted by Gasteiger charge is -2.14. The van der Waals surface area contributed by atoms with E-state index in [1.54, 1.807) is 0 Å². The van der Waals surface area contributed by atoms with Gasteiger partial charge in [0.1, 0.15) is 5.56 Å². The van der Waals surface area contributed by atoms with Crippen LogP contribution in [0.4, 0.5) is 5.69 Å². The van der Waals surface area contributed by atoms with Gasteiger partial charge in [-0.15, -0.1) is 0 Å². The van der Waals surface area contributed by atoms with Gasteiger partial charge in [-0.3, -0.25) is 10.1 Å². The van der Waals surface area contributed by atoms with Crippen LogP contribution in [0.2, 0.25) is 0 Å². The molecule has 9 heteroatoms. The molecule has 1 aromatic carbocycles. The third-order valence-electron chi connectivity index (χ3n) is 2.65. The predicted molar refractivity (Wildman–Crippen MR) is 70.0 cm³/mol. The van der Waals surface area contributed by atoms with Crippen LogP contribution < -0.4 is 0 Å². The number of hydrogen-bond acceptors (Lipinski definition) is 6. The molecule has 20 heavy (non-hydrogen) atoms. The average molecular weight is 302 g/mol. The molecule has 0 bridgehead atoms. The summed E-state index contributed by atoms with van der Waals surface area (Å²) in [6.07, 6.45) is 0. The van der Waals surface area contributed by atoms with Crippen molar-refractivity contribution in [2.45, 2.75) is 11.8 Å². The Morgan fingerprint density at radius 2 is 1.90 bits per heavy atom. The highest BCUT2D eigenvalue weighted by Gasteiger charge is 2.28. The van der Waals surface area contributed by atoms with Gasteiger partial charge in [0, 0.05) is 20.2 Å². The Balaban J connectivity index is 3.66. The second kappa shape index (κ2) is 5.55. The number of benzene rings is 1. The van der Waals surface area contributed by atoms with E-state index >= 15 is 0 Å². The smallest absolute Gasteiger partial charge is 0.344 e. The van der Waals surface area contributed by atoms with Crippen molar-refractivity contribution in [2.24, 2.45) is 0 Å². The van der Waals surface area contributed by atoms with Crippen molar-refractivity contribution in [1.29, 1.82) is 0 Å². The van der Waals surface area contributed by atoms with E-state index in [4.69, 9.17) is 0 Å². The van der Waals surface area contributed by atoms with Gasteiger partial charge < -0.3 is 4.74 Å². The fourth-order valence-electron chi connectivity index (χ4n) is 1.58. The fourth-order valence-corrected chi connectivity index (χ4v) is 2.70. The van der Waals surface area contributed by atoms with Crippen LogP contribution in [0.1, 0.15) is 15.9 Å². The molecule has 0 aliphatic heterocycles. The van der Waals surface area contributed by atoms with E-state index in [1.807, 2.05) is 0 Å². The van der Waals surface area contributed by atoms with E-state index in [2.05, 4.69) is 4.74 Å². The van der Waals surface area contributed by atoms with Crippen molar-refractivity contribution in [2.75, 3.05) is 21.2 Å². The molecule has 0 aromatic heterocycles. The highest BCUT2D eigenvalue weighted by molar-refractivity contribution is 7.89. The molecule has 0 radical (unpaired) electrons. The number of sulfonamides is 1. The number of nitro groups is 1. The van der Waals surface area contributed by atoms with Crippen LogP contribution in [0.5, 0.6) is 0 Å². The van der Waals surface area contributed by atoms with Gasteiger partial charge in [-0.2, -0.15) is 0 Å². The van der Waals surface area contributed by atoms with E-state index in [1.165, 1.54) is 21.0 Å². The van der Waals surface area contributed by atoms with Crippen molar-refractivity contribution in [1.82, 2.24) is 4.31 Å². The summed E-state index contributed by atoms with van der Waals surface area (Å²) in [7, 11) is -0.118. The van der Waals surface area contributed by atoms with Gasteiger partial charge in [-0.25, -0.2) is 17.5 Å². The van der Waals surface area contributed by atoms with Gasteiger partial charge in [0.05, 0.1) is 16.9 Å². The lowest BCUT2D eigenvalue weighted by Crippen LogP contribution is -2.23. The van der Waals surface area contributed by atoms with Gasteiger partial charge in [0.15, 0.2) is 0 Å². The molecule has 8 nitrogen and oxygen atoms in total. The van der Waals surface area contributed by atoms with E-state index in [-0.39, 0.29) is 16.0 Å². The second-order valence-electron chi connectivity index (χ2n) is 4.17. The van der Waals surface area contributed by atoms with E-state index < -0.39 is 26.6 Å². The minimum atomic E-state index is -3.84. The van der Waals surface area contributed by atoms with E-state index in [0.717, 1.165) is 23.5 Å². The second-order valence-corrected chi connectivity index (χ2v) is 6.29. The molecular weight excluding hydrogens is 288 g/mol. The summed E-state index contributed by atoms with van der Waals surface area (Å²) in [5, 5.41) is 11.0. The summed E-state index contributed by atoms with van der Waals surface area (Å²) in [6.45, 7) is 1.45. The molecule has 1 aromatic rings. The highest BCUT2D eigenvalue weighted by Crippen LogP contribution is 2.28. The van der Waals surface area contributed by atoms with Gasteiger partial charge >= 0.3 is 5.97 Å². The Morgan fingerprint density at radius 3 is 2.30 bits per heavy atom. The lowest BCUT2D eigenvalue weighted by molar-refractivity contribution is -0.385. The summed E-state index contributed by atoms with van der Waals surface area (Å²) < 4.78 is 29.5. The van der Waals surface area contributed by atoms with Crippen molar-refractivity contribution in [3.05, 3.63) is 33.4 Å². The summed E-state index contributed by atoms with van der Waals surface area (Å²) in [5.74, 6) is -0.895. The molecule has 0 atom stereocenters. The topological polar surface area (TPSA) is 107 Å². The molecule has 0 heterocycles. The van der Waals surface area contributed by atoms with E-state index in [9.17, 15) is 23.3 Å². The van der Waals surface area contributed by atoms with Crippen molar-refractivity contribution < 1.29 is 22.9 Å². The number of nitro benzene ring substituents is 1. The van der Waals surface area contributed by atoms with Gasteiger partial charge in [-0.1, -0.05) is 0 Å². The SMILES string of the molecule is COC(=O)c1cc(C)c(S(=O)(=O)N(C)C)cc1[N+](=O)[O-]. The van der Waals surface area contributed by atoms with Crippen LogP contribution in [0.15, 0.2) is 17.0 Å². The minimum Gasteiger partial charge on any atom is -0.465 e. The maximum atomic E-state index is 12.1. The van der Waals surface area contributed by atoms with Gasteiger partial charge in [0.25, 0.3) is 5.69 Å². The number of aryl methyl sites for hydroxylation is 1. The number of methoxy groups -OCH3 is 1. The lowest BCUT2D eigenvalue weighted by atomic mass is 10.1. The Kier molecular flexibility index (Phi) is 4.46. The summed E-state index contributed by atoms with van der Waals surface area (Å²) in [4.78, 5) is 21.5. The van der Waals surface area contributed by atoms with Gasteiger partial charge in [0.2, 0.25) is 10.0 Å². The molecule has 0 saturated carbocycles. The van der Waals surface area contributed by atoms with Crippen molar-refractivity contribution in [3.8, 4) is 0 Å². The first-order chi connectivity index (χ1) is 9.12. The molecule has 0 N–H and O–H groups in total. The number of rotatable bonds is 4. The van der Waals surface area contributed by atoms with Crippen LogP contribution in [0.25, 0.3) is 0 Å². The number of hydrogen-bond donors (Lipinski definition) is 0. The number of nitrogens with zero attached hydrogens (tertiary/aromatic N) is 2. The zero-order valence-corrected chi connectivity index (χ0v) is 12.2. The molecule has 0 unspecified atom stereocenters. The van der Waals surface area contributed by atoms with Crippen LogP contribution >= 0.6 is 0 Å². The first-order valence-corrected chi connectivity index (χ1v) is 6.86. The first kappa shape index (κ1) is 16.1. The van der Waals surface area contributed by atoms with Gasteiger partial charge in [-0.05, 0) is 18.6 Å². The Morgan fingerprint density at radius 1 is 1.35 bits per heavy atom. The summed E-state index contributed by atoms with van der Waals surface area (Å²) >= 11 is 0. The maximum Gasteiger partial charge on any atom is 0.344 e. The Labute approximate surface area is 116 Å². The third-order valence-corrected chi connectivity index (χ3v) is 4.61. The Hall–Kier alpha value is -2.00. The van der Waals surface area contributed by atoms with Crippen LogP contribution in [-0.4, -0.2) is 44.8 Å². The monoisotopic (exact) mass is 302 g/mol. The van der Waals surface area contributed by atoms with Crippen LogP contribution in [0, 0.1) is 17.0 Å². The first-order valence-electron chi connectivity index (χ1n) is 5.42.